The lowest BCUT2D eigenvalue weighted by Crippen LogP contribution is -2.46. The monoisotopic (exact) mass is 411 g/mol. The fourth-order valence-corrected chi connectivity index (χ4v) is 4.79. The molecule has 0 bridgehead atoms. The fourth-order valence-electron chi connectivity index (χ4n) is 3.06. The second-order valence-electron chi connectivity index (χ2n) is 6.68. The normalized spacial score (nSPS) is 18.9. The number of carbonyl (C=O) groups is 3. The van der Waals surface area contributed by atoms with E-state index in [2.05, 4.69) is 0 Å². The molecule has 0 aliphatic carbocycles. The van der Waals surface area contributed by atoms with Crippen molar-refractivity contribution in [3.8, 4) is 5.75 Å². The number of benzene rings is 1. The first kappa shape index (κ1) is 21.9. The van der Waals surface area contributed by atoms with Crippen LogP contribution >= 0.6 is 0 Å². The van der Waals surface area contributed by atoms with E-state index in [0.29, 0.717) is 24.3 Å². The molecule has 1 saturated heterocycles. The second-order valence-corrected chi connectivity index (χ2v) is 8.91. The number of rotatable bonds is 8. The minimum absolute atomic E-state index is 0.0614. The summed E-state index contributed by atoms with van der Waals surface area (Å²) < 4.78 is 33.7. The molecule has 0 unspecified atom stereocenters. The molecule has 0 aromatic heterocycles. The van der Waals surface area contributed by atoms with Crippen molar-refractivity contribution in [2.24, 2.45) is 0 Å². The van der Waals surface area contributed by atoms with Crippen LogP contribution in [0.15, 0.2) is 24.3 Å². The molecule has 0 N–H and O–H groups in total. The SMILES string of the molecule is CCN(C(=O)[C@H](C)OC(=O)COc1ccc(C(C)=O)cc1)[C@H]1CCS(=O)(=O)C1. The van der Waals surface area contributed by atoms with Gasteiger partial charge < -0.3 is 14.4 Å². The minimum Gasteiger partial charge on any atom is -0.482 e. The van der Waals surface area contributed by atoms with Crippen molar-refractivity contribution in [1.82, 2.24) is 4.90 Å². The molecule has 9 heteroatoms. The number of Topliss-reactive ketones (excluding diaryl/α,β-unsaturated/α-hetero) is 1. The summed E-state index contributed by atoms with van der Waals surface area (Å²) in [5.41, 5.74) is 0.530. The number of carbonyl (C=O) groups excluding carboxylic acids is 3. The van der Waals surface area contributed by atoms with Crippen LogP contribution in [-0.4, -0.2) is 67.8 Å². The smallest absolute Gasteiger partial charge is 0.344 e. The third-order valence-electron chi connectivity index (χ3n) is 4.55. The summed E-state index contributed by atoms with van der Waals surface area (Å²) in [5, 5.41) is 0. The highest BCUT2D eigenvalue weighted by molar-refractivity contribution is 7.91. The van der Waals surface area contributed by atoms with Gasteiger partial charge in [0.25, 0.3) is 5.91 Å². The number of ether oxygens (including phenoxy) is 2. The highest BCUT2D eigenvalue weighted by Crippen LogP contribution is 2.19. The Balaban J connectivity index is 1.86. The average Bonchev–Trinajstić information content (AvgIpc) is 3.00. The number of esters is 1. The molecule has 0 spiro atoms. The van der Waals surface area contributed by atoms with Crippen molar-refractivity contribution in [2.45, 2.75) is 39.3 Å². The number of likely N-dealkylation sites (N-methyl/N-ethyl adjacent to an activating group) is 1. The maximum absolute atomic E-state index is 12.6. The Morgan fingerprint density at radius 3 is 2.36 bits per heavy atom. The minimum atomic E-state index is -3.12. The Hall–Kier alpha value is -2.42. The summed E-state index contributed by atoms with van der Waals surface area (Å²) in [6.07, 6.45) is -0.651. The van der Waals surface area contributed by atoms with Crippen LogP contribution in [-0.2, 0) is 24.2 Å². The first-order valence-corrected chi connectivity index (χ1v) is 10.9. The summed E-state index contributed by atoms with van der Waals surface area (Å²) in [5.74, 6) is -0.824. The van der Waals surface area contributed by atoms with Crippen molar-refractivity contribution < 1.29 is 32.3 Å². The van der Waals surface area contributed by atoms with Gasteiger partial charge in [-0.15, -0.1) is 0 Å². The number of sulfone groups is 1. The van der Waals surface area contributed by atoms with E-state index in [1.165, 1.54) is 18.7 Å². The zero-order valence-electron chi connectivity index (χ0n) is 16.2. The van der Waals surface area contributed by atoms with Gasteiger partial charge in [0.05, 0.1) is 11.5 Å². The molecule has 28 heavy (non-hydrogen) atoms. The summed E-state index contributed by atoms with van der Waals surface area (Å²) >= 11 is 0. The highest BCUT2D eigenvalue weighted by Gasteiger charge is 2.36. The fraction of sp³-hybridized carbons (Fsp3) is 0.526. The molecule has 1 amide bonds. The van der Waals surface area contributed by atoms with Gasteiger partial charge in [-0.3, -0.25) is 9.59 Å². The van der Waals surface area contributed by atoms with Crippen LogP contribution in [0.5, 0.6) is 5.75 Å². The van der Waals surface area contributed by atoms with Gasteiger partial charge >= 0.3 is 5.97 Å². The summed E-state index contributed by atoms with van der Waals surface area (Å²) in [7, 11) is -3.12. The van der Waals surface area contributed by atoms with Crippen molar-refractivity contribution >= 4 is 27.5 Å². The number of hydrogen-bond donors (Lipinski definition) is 0. The Labute approximate surface area is 164 Å². The van der Waals surface area contributed by atoms with Gasteiger partial charge in [-0.05, 0) is 51.5 Å². The Bertz CT molecular complexity index is 832. The molecule has 0 radical (unpaired) electrons. The van der Waals surface area contributed by atoms with E-state index in [4.69, 9.17) is 9.47 Å². The molecule has 1 aliphatic rings. The topological polar surface area (TPSA) is 107 Å². The van der Waals surface area contributed by atoms with E-state index in [1.54, 1.807) is 31.2 Å². The Morgan fingerprint density at radius 1 is 1.21 bits per heavy atom. The molecule has 1 aliphatic heterocycles. The van der Waals surface area contributed by atoms with Gasteiger partial charge in [-0.25, -0.2) is 13.2 Å². The van der Waals surface area contributed by atoms with Crippen LogP contribution in [0.4, 0.5) is 0 Å². The molecule has 8 nitrogen and oxygen atoms in total. The lowest BCUT2D eigenvalue weighted by molar-refractivity contribution is -0.161. The third kappa shape index (κ3) is 5.79. The van der Waals surface area contributed by atoms with E-state index in [9.17, 15) is 22.8 Å². The number of nitrogens with zero attached hydrogens (tertiary/aromatic N) is 1. The molecular formula is C19H25NO7S. The second kappa shape index (κ2) is 9.18. The van der Waals surface area contributed by atoms with Crippen molar-refractivity contribution in [1.29, 1.82) is 0 Å². The molecule has 154 valence electrons. The summed E-state index contributed by atoms with van der Waals surface area (Å²) in [6, 6.07) is 5.92. The van der Waals surface area contributed by atoms with E-state index in [1.807, 2.05) is 0 Å². The molecule has 2 atom stereocenters. The van der Waals surface area contributed by atoms with Crippen molar-refractivity contribution in [2.75, 3.05) is 24.7 Å². The number of ketones is 1. The molecule has 2 rings (SSSR count). The van der Waals surface area contributed by atoms with Crippen LogP contribution < -0.4 is 4.74 Å². The summed E-state index contributed by atoms with van der Waals surface area (Å²) in [4.78, 5) is 37.2. The Kier molecular flexibility index (Phi) is 7.17. The zero-order chi connectivity index (χ0) is 20.9. The van der Waals surface area contributed by atoms with Crippen molar-refractivity contribution in [3.63, 3.8) is 0 Å². The largest absolute Gasteiger partial charge is 0.482 e. The van der Waals surface area contributed by atoms with Gasteiger partial charge in [-0.2, -0.15) is 0 Å². The maximum atomic E-state index is 12.6. The van der Waals surface area contributed by atoms with Crippen molar-refractivity contribution in [3.05, 3.63) is 29.8 Å². The molecule has 0 saturated carbocycles. The summed E-state index contributed by atoms with van der Waals surface area (Å²) in [6.45, 7) is 4.60. The molecule has 1 aromatic carbocycles. The van der Waals surface area contributed by atoms with Gasteiger partial charge in [-0.1, -0.05) is 0 Å². The van der Waals surface area contributed by atoms with E-state index in [0.717, 1.165) is 0 Å². The third-order valence-corrected chi connectivity index (χ3v) is 6.30. The highest BCUT2D eigenvalue weighted by atomic mass is 32.2. The van der Waals surface area contributed by atoms with Crippen LogP contribution in [0.3, 0.4) is 0 Å². The van der Waals surface area contributed by atoms with E-state index in [-0.39, 0.29) is 29.9 Å². The molecule has 1 fully saturated rings. The molecular weight excluding hydrogens is 386 g/mol. The molecule has 1 aromatic rings. The van der Waals surface area contributed by atoms with Gasteiger partial charge in [0, 0.05) is 18.2 Å². The number of hydrogen-bond acceptors (Lipinski definition) is 7. The van der Waals surface area contributed by atoms with Crippen LogP contribution in [0.2, 0.25) is 0 Å². The maximum Gasteiger partial charge on any atom is 0.344 e. The first-order chi connectivity index (χ1) is 13.1. The van der Waals surface area contributed by atoms with Gasteiger partial charge in [0.2, 0.25) is 0 Å². The quantitative estimate of drug-likeness (QED) is 0.468. The van der Waals surface area contributed by atoms with Crippen LogP contribution in [0.25, 0.3) is 0 Å². The molecule has 1 heterocycles. The lowest BCUT2D eigenvalue weighted by Gasteiger charge is -2.29. The van der Waals surface area contributed by atoms with Crippen LogP contribution in [0, 0.1) is 0 Å². The van der Waals surface area contributed by atoms with E-state index >= 15 is 0 Å². The predicted octanol–water partition coefficient (Wildman–Crippen LogP) is 1.24. The van der Waals surface area contributed by atoms with Gasteiger partial charge in [0.1, 0.15) is 5.75 Å². The Morgan fingerprint density at radius 2 is 1.86 bits per heavy atom. The van der Waals surface area contributed by atoms with Gasteiger partial charge in [0.15, 0.2) is 28.3 Å². The van der Waals surface area contributed by atoms with E-state index < -0.39 is 27.8 Å². The number of amides is 1. The average molecular weight is 411 g/mol. The lowest BCUT2D eigenvalue weighted by atomic mass is 10.1. The standard InChI is InChI=1S/C19H25NO7S/c1-4-20(16-9-10-28(24,25)12-16)19(23)14(3)27-18(22)11-26-17-7-5-15(6-8-17)13(2)21/h5-8,14,16H,4,9-12H2,1-3H3/t14-,16-/m0/s1. The first-order valence-electron chi connectivity index (χ1n) is 9.07. The predicted molar refractivity (Wildman–Crippen MR) is 102 cm³/mol. The van der Waals surface area contributed by atoms with Crippen LogP contribution in [0.1, 0.15) is 37.6 Å². The zero-order valence-corrected chi connectivity index (χ0v) is 17.0.